The lowest BCUT2D eigenvalue weighted by molar-refractivity contribution is 0.103. The number of thiophene rings is 1. The summed E-state index contributed by atoms with van der Waals surface area (Å²) < 4.78 is 0. The molecule has 26 heavy (non-hydrogen) atoms. The van der Waals surface area contributed by atoms with E-state index in [4.69, 9.17) is 5.73 Å². The van der Waals surface area contributed by atoms with Crippen molar-refractivity contribution in [3.05, 3.63) is 32.6 Å². The molecule has 2 heterocycles. The molecular weight excluding hydrogens is 364 g/mol. The van der Waals surface area contributed by atoms with Crippen molar-refractivity contribution in [1.82, 2.24) is 10.3 Å². The van der Waals surface area contributed by atoms with Crippen LogP contribution in [0.3, 0.4) is 0 Å². The highest BCUT2D eigenvalue weighted by Gasteiger charge is 2.41. The van der Waals surface area contributed by atoms with Crippen molar-refractivity contribution in [3.63, 3.8) is 0 Å². The molecule has 2 aromatic rings. The molecule has 2 saturated carbocycles. The Bertz CT molecular complexity index is 791. The monoisotopic (exact) mass is 390 g/mol. The maximum absolute atomic E-state index is 12.5. The van der Waals surface area contributed by atoms with Gasteiger partial charge in [0.1, 0.15) is 5.00 Å². The van der Waals surface area contributed by atoms with Crippen LogP contribution in [0.15, 0.2) is 12.3 Å². The lowest BCUT2D eigenvalue weighted by Crippen LogP contribution is -2.38. The van der Waals surface area contributed by atoms with E-state index in [1.807, 2.05) is 6.92 Å². The molecule has 0 spiro atoms. The first-order valence-corrected chi connectivity index (χ1v) is 11.0. The van der Waals surface area contributed by atoms with Gasteiger partial charge in [0.05, 0.1) is 16.1 Å². The van der Waals surface area contributed by atoms with Crippen molar-refractivity contribution < 1.29 is 4.79 Å². The maximum atomic E-state index is 12.5. The van der Waals surface area contributed by atoms with E-state index in [1.165, 1.54) is 41.0 Å². The lowest BCUT2D eigenvalue weighted by Gasteiger charge is -2.27. The molecule has 4 N–H and O–H groups in total. The van der Waals surface area contributed by atoms with Gasteiger partial charge in [-0.25, -0.2) is 4.98 Å². The van der Waals surface area contributed by atoms with Crippen LogP contribution in [0.25, 0.3) is 0 Å². The number of nitrogens with zero attached hydrogens (tertiary/aromatic N) is 1. The standard InChI is InChI=1S/C19H26N4OS2/c1-10-14(15-7-16(15)22-13-5-3-12(20)4-6-13)8-17(25-10)19(24)23-18-9-21-11(2)26-18/h8-9,12-13,15-16,22H,3-7,20H2,1-2H3,(H,23,24). The molecule has 0 saturated heterocycles. The number of hydrogen-bond acceptors (Lipinski definition) is 6. The molecule has 2 fully saturated rings. The topological polar surface area (TPSA) is 80.0 Å². The Labute approximate surface area is 162 Å². The number of hydrogen-bond donors (Lipinski definition) is 3. The third kappa shape index (κ3) is 4.01. The van der Waals surface area contributed by atoms with Crippen LogP contribution in [0, 0.1) is 13.8 Å². The molecule has 2 unspecified atom stereocenters. The average Bonchev–Trinajstić information content (AvgIpc) is 3.05. The third-order valence-corrected chi connectivity index (χ3v) is 7.34. The number of nitrogens with two attached hydrogens (primary N) is 1. The van der Waals surface area contributed by atoms with Crippen molar-refractivity contribution in [2.75, 3.05) is 5.32 Å². The number of nitrogens with one attached hydrogen (secondary N) is 2. The number of amides is 1. The van der Waals surface area contributed by atoms with Crippen molar-refractivity contribution in [2.45, 2.75) is 70.0 Å². The van der Waals surface area contributed by atoms with Crippen LogP contribution in [0.4, 0.5) is 5.00 Å². The number of aromatic nitrogens is 1. The van der Waals surface area contributed by atoms with Crippen molar-refractivity contribution >= 4 is 33.6 Å². The minimum atomic E-state index is -0.0283. The second kappa shape index (κ2) is 7.38. The van der Waals surface area contributed by atoms with Crippen LogP contribution in [-0.2, 0) is 0 Å². The summed E-state index contributed by atoms with van der Waals surface area (Å²) in [7, 11) is 0. The minimum Gasteiger partial charge on any atom is -0.328 e. The first-order valence-electron chi connectivity index (χ1n) is 9.35. The van der Waals surface area contributed by atoms with E-state index in [9.17, 15) is 4.79 Å². The molecule has 5 nitrogen and oxygen atoms in total. The molecule has 0 bridgehead atoms. The Morgan fingerprint density at radius 1 is 1.23 bits per heavy atom. The summed E-state index contributed by atoms with van der Waals surface area (Å²) in [5.74, 6) is 0.522. The summed E-state index contributed by atoms with van der Waals surface area (Å²) >= 11 is 3.10. The number of rotatable bonds is 5. The number of aryl methyl sites for hydroxylation is 2. The fraction of sp³-hybridized carbons (Fsp3) is 0.579. The van der Waals surface area contributed by atoms with Gasteiger partial charge in [0.25, 0.3) is 5.91 Å². The number of thiazole rings is 1. The van der Waals surface area contributed by atoms with Crippen molar-refractivity contribution in [2.24, 2.45) is 5.73 Å². The summed E-state index contributed by atoms with van der Waals surface area (Å²) in [6.07, 6.45) is 7.54. The molecule has 2 aliphatic carbocycles. The van der Waals surface area contributed by atoms with Crippen LogP contribution in [0.2, 0.25) is 0 Å². The molecule has 140 valence electrons. The van der Waals surface area contributed by atoms with Gasteiger partial charge in [-0.2, -0.15) is 0 Å². The molecule has 0 aromatic carbocycles. The first kappa shape index (κ1) is 18.1. The zero-order valence-electron chi connectivity index (χ0n) is 15.2. The molecule has 7 heteroatoms. The molecule has 4 rings (SSSR count). The predicted octanol–water partition coefficient (Wildman–Crippen LogP) is 3.79. The second-order valence-electron chi connectivity index (χ2n) is 7.55. The SMILES string of the molecule is Cc1ncc(NC(=O)c2cc(C3CC3NC3CCC(N)CC3)c(C)s2)s1. The predicted molar refractivity (Wildman–Crippen MR) is 108 cm³/mol. The molecule has 2 atom stereocenters. The van der Waals surface area contributed by atoms with E-state index in [-0.39, 0.29) is 5.91 Å². The van der Waals surface area contributed by atoms with Gasteiger partial charge in [-0.1, -0.05) is 0 Å². The van der Waals surface area contributed by atoms with Gasteiger partial charge >= 0.3 is 0 Å². The van der Waals surface area contributed by atoms with E-state index < -0.39 is 0 Å². The Hall–Kier alpha value is -1.28. The smallest absolute Gasteiger partial charge is 0.266 e. The quantitative estimate of drug-likeness (QED) is 0.726. The Balaban J connectivity index is 1.36. The van der Waals surface area contributed by atoms with Crippen LogP contribution in [0.1, 0.15) is 63.1 Å². The average molecular weight is 391 g/mol. The highest BCUT2D eigenvalue weighted by atomic mass is 32.1. The highest BCUT2D eigenvalue weighted by molar-refractivity contribution is 7.16. The van der Waals surface area contributed by atoms with E-state index in [1.54, 1.807) is 17.5 Å². The van der Waals surface area contributed by atoms with Crippen LogP contribution in [-0.4, -0.2) is 29.0 Å². The van der Waals surface area contributed by atoms with E-state index >= 15 is 0 Å². The zero-order valence-corrected chi connectivity index (χ0v) is 16.9. The van der Waals surface area contributed by atoms with E-state index in [2.05, 4.69) is 28.6 Å². The van der Waals surface area contributed by atoms with E-state index in [0.717, 1.165) is 27.7 Å². The van der Waals surface area contributed by atoms with Gasteiger partial charge in [0, 0.05) is 28.9 Å². The Morgan fingerprint density at radius 2 is 2.00 bits per heavy atom. The summed E-state index contributed by atoms with van der Waals surface area (Å²) in [5, 5.41) is 8.54. The largest absolute Gasteiger partial charge is 0.328 e. The number of anilines is 1. The maximum Gasteiger partial charge on any atom is 0.266 e. The van der Waals surface area contributed by atoms with Gasteiger partial charge in [0.15, 0.2) is 0 Å². The fourth-order valence-corrected chi connectivity index (χ4v) is 5.54. The van der Waals surface area contributed by atoms with E-state index in [0.29, 0.717) is 24.0 Å². The van der Waals surface area contributed by atoms with Crippen molar-refractivity contribution in [1.29, 1.82) is 0 Å². The Morgan fingerprint density at radius 3 is 2.69 bits per heavy atom. The molecule has 2 aliphatic rings. The molecule has 0 radical (unpaired) electrons. The minimum absolute atomic E-state index is 0.0283. The normalized spacial score (nSPS) is 28.1. The number of carbonyl (C=O) groups excluding carboxylic acids is 1. The van der Waals surface area contributed by atoms with Gasteiger partial charge in [-0.15, -0.1) is 22.7 Å². The first-order chi connectivity index (χ1) is 12.5. The summed E-state index contributed by atoms with van der Waals surface area (Å²) in [6.45, 7) is 4.07. The van der Waals surface area contributed by atoms with Crippen LogP contribution >= 0.6 is 22.7 Å². The van der Waals surface area contributed by atoms with Crippen LogP contribution in [0.5, 0.6) is 0 Å². The lowest BCUT2D eigenvalue weighted by atomic mass is 9.92. The molecule has 2 aromatic heterocycles. The third-order valence-electron chi connectivity index (χ3n) is 5.45. The van der Waals surface area contributed by atoms with Gasteiger partial charge in [0.2, 0.25) is 0 Å². The molecule has 0 aliphatic heterocycles. The summed E-state index contributed by atoms with van der Waals surface area (Å²) in [6, 6.07) is 3.65. The summed E-state index contributed by atoms with van der Waals surface area (Å²) in [5.41, 5.74) is 7.34. The molecular formula is C19H26N4OS2. The van der Waals surface area contributed by atoms with Gasteiger partial charge in [-0.05, 0) is 57.6 Å². The fourth-order valence-electron chi connectivity index (χ4n) is 3.88. The summed E-state index contributed by atoms with van der Waals surface area (Å²) in [4.78, 5) is 18.7. The van der Waals surface area contributed by atoms with Gasteiger partial charge in [-0.3, -0.25) is 4.79 Å². The number of carbonyl (C=O) groups is 1. The zero-order chi connectivity index (χ0) is 18.3. The van der Waals surface area contributed by atoms with Gasteiger partial charge < -0.3 is 16.4 Å². The van der Waals surface area contributed by atoms with Crippen molar-refractivity contribution in [3.8, 4) is 0 Å². The highest BCUT2D eigenvalue weighted by Crippen LogP contribution is 2.45. The molecule has 1 amide bonds. The Kier molecular flexibility index (Phi) is 5.14. The second-order valence-corrected chi connectivity index (χ2v) is 10.0. The van der Waals surface area contributed by atoms with Crippen LogP contribution < -0.4 is 16.4 Å².